The normalized spacial score (nSPS) is 19.7. The molecule has 1 atom stereocenters. The van der Waals surface area contributed by atoms with E-state index in [-0.39, 0.29) is 17.9 Å². The molecule has 28 heavy (non-hydrogen) atoms. The fraction of sp³-hybridized carbons (Fsp3) is 0.632. The molecule has 2 aliphatic rings. The topological polar surface area (TPSA) is 115 Å². The van der Waals surface area contributed by atoms with E-state index in [4.69, 9.17) is 6.42 Å². The van der Waals surface area contributed by atoms with E-state index in [0.717, 1.165) is 25.1 Å². The summed E-state index contributed by atoms with van der Waals surface area (Å²) in [4.78, 5) is 26.4. The van der Waals surface area contributed by atoms with E-state index in [0.29, 0.717) is 44.5 Å². The maximum Gasteiger partial charge on any atom is 0.319 e. The van der Waals surface area contributed by atoms with Gasteiger partial charge in [-0.1, -0.05) is 0 Å². The van der Waals surface area contributed by atoms with Gasteiger partial charge in [-0.15, -0.1) is 12.3 Å². The Labute approximate surface area is 164 Å². The second-order valence-electron chi connectivity index (χ2n) is 7.25. The first-order valence-corrected chi connectivity index (χ1v) is 9.80. The van der Waals surface area contributed by atoms with Gasteiger partial charge in [0.15, 0.2) is 5.66 Å². The van der Waals surface area contributed by atoms with Gasteiger partial charge in [-0.05, 0) is 19.8 Å². The van der Waals surface area contributed by atoms with E-state index in [1.54, 1.807) is 6.20 Å². The van der Waals surface area contributed by atoms with Crippen LogP contribution in [0.1, 0.15) is 57.1 Å². The van der Waals surface area contributed by atoms with Crippen molar-refractivity contribution >= 4 is 17.6 Å². The van der Waals surface area contributed by atoms with Crippen LogP contribution in [0.4, 0.5) is 10.5 Å². The zero-order valence-electron chi connectivity index (χ0n) is 16.2. The molecule has 0 radical (unpaired) electrons. The third kappa shape index (κ3) is 4.88. The highest BCUT2D eigenvalue weighted by atomic mass is 16.2. The van der Waals surface area contributed by atoms with Gasteiger partial charge in [-0.25, -0.2) is 4.79 Å². The molecule has 1 unspecified atom stereocenters. The number of aromatic nitrogens is 2. The third-order valence-corrected chi connectivity index (χ3v) is 5.23. The molecule has 3 N–H and O–H groups in total. The standard InChI is InChI=1S/C19H27N7O2/c1-3-5-9-19(24-25-19)10-8-16(27)26-11-6-7-14(13-26)17-15(12-21-23-17)22-18(28)20-4-2/h1,12,14H,4-11,13H2,2H3,(H,21,23)(H2,20,22,28). The third-order valence-electron chi connectivity index (χ3n) is 5.23. The van der Waals surface area contributed by atoms with Gasteiger partial charge in [0.25, 0.3) is 0 Å². The SMILES string of the molecule is C#CCCC1(CCC(=O)N2CCCC(c3[nH]ncc3NC(=O)NCC)C2)N=N1. The number of carbonyl (C=O) groups is 2. The van der Waals surface area contributed by atoms with Crippen LogP contribution in [0.25, 0.3) is 0 Å². The van der Waals surface area contributed by atoms with E-state index < -0.39 is 5.66 Å². The molecule has 0 spiro atoms. The number of carbonyl (C=O) groups excluding carboxylic acids is 2. The highest BCUT2D eigenvalue weighted by Crippen LogP contribution is 2.38. The zero-order valence-corrected chi connectivity index (χ0v) is 16.2. The molecule has 0 aliphatic carbocycles. The van der Waals surface area contributed by atoms with Gasteiger partial charge in [0.2, 0.25) is 5.91 Å². The lowest BCUT2D eigenvalue weighted by Crippen LogP contribution is -2.39. The smallest absolute Gasteiger partial charge is 0.319 e. The van der Waals surface area contributed by atoms with E-state index >= 15 is 0 Å². The first-order valence-electron chi connectivity index (χ1n) is 9.80. The highest BCUT2D eigenvalue weighted by molar-refractivity contribution is 5.89. The first-order chi connectivity index (χ1) is 13.6. The fourth-order valence-electron chi connectivity index (χ4n) is 3.61. The molecule has 1 aromatic heterocycles. The van der Waals surface area contributed by atoms with E-state index in [2.05, 4.69) is 37.0 Å². The molecule has 1 saturated heterocycles. The van der Waals surface area contributed by atoms with Crippen molar-refractivity contribution < 1.29 is 9.59 Å². The summed E-state index contributed by atoms with van der Waals surface area (Å²) in [6, 6.07) is -0.261. The second-order valence-corrected chi connectivity index (χ2v) is 7.25. The molecule has 9 nitrogen and oxygen atoms in total. The van der Waals surface area contributed by atoms with E-state index in [9.17, 15) is 9.59 Å². The van der Waals surface area contributed by atoms with Crippen molar-refractivity contribution in [2.24, 2.45) is 10.2 Å². The van der Waals surface area contributed by atoms with E-state index in [1.165, 1.54) is 0 Å². The van der Waals surface area contributed by atoms with Crippen LogP contribution in [0.3, 0.4) is 0 Å². The molecule has 1 aromatic rings. The number of likely N-dealkylation sites (tertiary alicyclic amines) is 1. The van der Waals surface area contributed by atoms with Gasteiger partial charge in [0.05, 0.1) is 17.6 Å². The molecule has 2 aliphatic heterocycles. The molecule has 3 amide bonds. The largest absolute Gasteiger partial charge is 0.342 e. The van der Waals surface area contributed by atoms with Gasteiger partial charge >= 0.3 is 6.03 Å². The Hall–Kier alpha value is -2.89. The first kappa shape index (κ1) is 19.9. The summed E-state index contributed by atoms with van der Waals surface area (Å²) in [5.74, 6) is 2.83. The van der Waals surface area contributed by atoms with Gasteiger partial charge in [-0.3, -0.25) is 9.89 Å². The van der Waals surface area contributed by atoms with Crippen molar-refractivity contribution in [1.82, 2.24) is 20.4 Å². The monoisotopic (exact) mass is 385 g/mol. The molecule has 1 fully saturated rings. The number of hydrogen-bond acceptors (Lipinski definition) is 5. The van der Waals surface area contributed by atoms with Crippen molar-refractivity contribution in [3.63, 3.8) is 0 Å². The maximum atomic E-state index is 12.7. The number of piperidine rings is 1. The van der Waals surface area contributed by atoms with Crippen LogP contribution in [0.5, 0.6) is 0 Å². The molecule has 3 heterocycles. The maximum absolute atomic E-state index is 12.7. The number of terminal acetylenes is 1. The Kier molecular flexibility index (Phi) is 6.29. The van der Waals surface area contributed by atoms with Crippen LogP contribution in [-0.2, 0) is 4.79 Å². The highest BCUT2D eigenvalue weighted by Gasteiger charge is 2.40. The second kappa shape index (κ2) is 8.87. The van der Waals surface area contributed by atoms with Crippen LogP contribution in [-0.4, -0.2) is 52.3 Å². The molecule has 3 rings (SSSR count). The van der Waals surface area contributed by atoms with Crippen molar-refractivity contribution in [3.8, 4) is 12.3 Å². The van der Waals surface area contributed by atoms with Crippen LogP contribution in [0.2, 0.25) is 0 Å². The Morgan fingerprint density at radius 1 is 1.43 bits per heavy atom. The molecular weight excluding hydrogens is 358 g/mol. The Morgan fingerprint density at radius 2 is 2.25 bits per heavy atom. The number of anilines is 1. The Morgan fingerprint density at radius 3 is 2.96 bits per heavy atom. The summed E-state index contributed by atoms with van der Waals surface area (Å²) in [7, 11) is 0. The molecule has 9 heteroatoms. The number of aromatic amines is 1. The summed E-state index contributed by atoms with van der Waals surface area (Å²) < 4.78 is 0. The van der Waals surface area contributed by atoms with Crippen molar-refractivity contribution in [2.45, 2.75) is 57.0 Å². The minimum absolute atomic E-state index is 0.111. The number of amides is 3. The lowest BCUT2D eigenvalue weighted by atomic mass is 9.93. The average molecular weight is 385 g/mol. The molecule has 0 saturated carbocycles. The number of hydrogen-bond donors (Lipinski definition) is 3. The molecule has 0 bridgehead atoms. The van der Waals surface area contributed by atoms with Gasteiger partial charge in [0.1, 0.15) is 0 Å². The van der Waals surface area contributed by atoms with Crippen molar-refractivity contribution in [1.29, 1.82) is 0 Å². The Bertz CT molecular complexity index is 773. The van der Waals surface area contributed by atoms with Crippen LogP contribution in [0, 0.1) is 12.3 Å². The lowest BCUT2D eigenvalue weighted by Gasteiger charge is -2.33. The summed E-state index contributed by atoms with van der Waals surface area (Å²) in [6.45, 7) is 3.76. The van der Waals surface area contributed by atoms with Gasteiger partial charge in [-0.2, -0.15) is 15.3 Å². The fourth-order valence-corrected chi connectivity index (χ4v) is 3.61. The van der Waals surface area contributed by atoms with Crippen molar-refractivity contribution in [3.05, 3.63) is 11.9 Å². The average Bonchev–Trinajstić information content (AvgIpc) is 3.33. The number of nitrogens with one attached hydrogen (secondary N) is 3. The van der Waals surface area contributed by atoms with Crippen LogP contribution in [0.15, 0.2) is 16.4 Å². The van der Waals surface area contributed by atoms with E-state index in [1.807, 2.05) is 11.8 Å². The van der Waals surface area contributed by atoms with Gasteiger partial charge in [0, 0.05) is 51.2 Å². The summed E-state index contributed by atoms with van der Waals surface area (Å²) in [5.41, 5.74) is 1.10. The lowest BCUT2D eigenvalue weighted by molar-refractivity contribution is -0.132. The zero-order chi connectivity index (χ0) is 20.0. The van der Waals surface area contributed by atoms with Crippen LogP contribution >= 0.6 is 0 Å². The number of rotatable bonds is 8. The number of nitrogens with zero attached hydrogens (tertiary/aromatic N) is 4. The Balaban J connectivity index is 1.54. The predicted octanol–water partition coefficient (Wildman–Crippen LogP) is 2.61. The molecule has 0 aromatic carbocycles. The number of H-pyrrole nitrogens is 1. The minimum Gasteiger partial charge on any atom is -0.342 e. The quantitative estimate of drug-likeness (QED) is 0.597. The minimum atomic E-state index is -0.426. The summed E-state index contributed by atoms with van der Waals surface area (Å²) in [6.07, 6.45) is 11.1. The summed E-state index contributed by atoms with van der Waals surface area (Å²) >= 11 is 0. The predicted molar refractivity (Wildman–Crippen MR) is 105 cm³/mol. The van der Waals surface area contributed by atoms with Gasteiger partial charge < -0.3 is 15.5 Å². The number of urea groups is 1. The summed E-state index contributed by atoms with van der Waals surface area (Å²) in [5, 5.41) is 20.8. The molecule has 150 valence electrons. The van der Waals surface area contributed by atoms with Crippen molar-refractivity contribution in [2.75, 3.05) is 25.0 Å². The molecular formula is C19H27N7O2. The van der Waals surface area contributed by atoms with Crippen LogP contribution < -0.4 is 10.6 Å².